The molecule has 0 bridgehead atoms. The van der Waals surface area contributed by atoms with Crippen LogP contribution in [0.4, 0.5) is 0 Å². The number of ether oxygens (including phenoxy) is 2. The number of hydrogen-bond acceptors (Lipinski definition) is 7. The monoisotopic (exact) mass is 378 g/mol. The average molecular weight is 378 g/mol. The standard InChI is InChI=1S/C19H18N6O3/c26-18-19(28-16-4-3-14(25(16)18)13-10-20-5-6-21-13)8-12(9-19)27-17-15-2-1-7-24(15)23-11-22-17/h1-2,5-7,10-12,14,16H,3-4,8-9H2/t12?,14-,16+,19?/m0/s1. The highest BCUT2D eigenvalue weighted by Gasteiger charge is 2.63. The lowest BCUT2D eigenvalue weighted by Crippen LogP contribution is -2.56. The van der Waals surface area contributed by atoms with E-state index in [1.807, 2.05) is 23.2 Å². The van der Waals surface area contributed by atoms with Gasteiger partial charge in [0.25, 0.3) is 5.91 Å². The van der Waals surface area contributed by atoms with Crippen LogP contribution in [-0.2, 0) is 9.53 Å². The van der Waals surface area contributed by atoms with E-state index in [0.717, 1.165) is 24.1 Å². The second-order valence-electron chi connectivity index (χ2n) is 7.55. The fourth-order valence-electron chi connectivity index (χ4n) is 4.61. The number of rotatable bonds is 3. The molecule has 1 saturated carbocycles. The molecule has 3 aromatic rings. The van der Waals surface area contributed by atoms with Gasteiger partial charge < -0.3 is 14.4 Å². The molecule has 2 saturated heterocycles. The highest BCUT2D eigenvalue weighted by atomic mass is 16.6. The maximum Gasteiger partial charge on any atom is 0.257 e. The van der Waals surface area contributed by atoms with E-state index in [9.17, 15) is 4.79 Å². The predicted octanol–water partition coefficient (Wildman–Crippen LogP) is 1.52. The first-order valence-corrected chi connectivity index (χ1v) is 9.45. The van der Waals surface area contributed by atoms with Crippen LogP contribution in [0.15, 0.2) is 43.2 Å². The van der Waals surface area contributed by atoms with Gasteiger partial charge in [0.05, 0.1) is 17.9 Å². The summed E-state index contributed by atoms with van der Waals surface area (Å²) < 4.78 is 14.0. The van der Waals surface area contributed by atoms with E-state index in [1.54, 1.807) is 23.1 Å². The number of nitrogens with zero attached hydrogens (tertiary/aromatic N) is 6. The van der Waals surface area contributed by atoms with Crippen LogP contribution in [0.2, 0.25) is 0 Å². The van der Waals surface area contributed by atoms with E-state index in [1.165, 1.54) is 6.33 Å². The molecule has 28 heavy (non-hydrogen) atoms. The fraction of sp³-hybridized carbons (Fsp3) is 0.421. The summed E-state index contributed by atoms with van der Waals surface area (Å²) in [6.07, 6.45) is 10.8. The minimum atomic E-state index is -0.776. The fourth-order valence-corrected chi connectivity index (χ4v) is 4.61. The molecular weight excluding hydrogens is 360 g/mol. The molecule has 142 valence electrons. The van der Waals surface area contributed by atoms with Gasteiger partial charge in [0, 0.05) is 31.4 Å². The Hall–Kier alpha value is -3.07. The lowest BCUT2D eigenvalue weighted by Gasteiger charge is -2.41. The van der Waals surface area contributed by atoms with Crippen molar-refractivity contribution in [3.63, 3.8) is 0 Å². The molecule has 0 aromatic carbocycles. The van der Waals surface area contributed by atoms with Crippen molar-refractivity contribution in [2.24, 2.45) is 0 Å². The van der Waals surface area contributed by atoms with E-state index in [-0.39, 0.29) is 24.3 Å². The van der Waals surface area contributed by atoms with Crippen molar-refractivity contribution >= 4 is 11.4 Å². The van der Waals surface area contributed by atoms with E-state index in [2.05, 4.69) is 20.1 Å². The van der Waals surface area contributed by atoms with Crippen molar-refractivity contribution in [1.29, 1.82) is 0 Å². The van der Waals surface area contributed by atoms with Gasteiger partial charge in [-0.3, -0.25) is 14.8 Å². The van der Waals surface area contributed by atoms with Crippen molar-refractivity contribution in [1.82, 2.24) is 29.5 Å². The molecular formula is C19H18N6O3. The molecule has 9 heteroatoms. The summed E-state index contributed by atoms with van der Waals surface area (Å²) >= 11 is 0. The van der Waals surface area contributed by atoms with Gasteiger partial charge in [-0.25, -0.2) is 4.52 Å². The van der Waals surface area contributed by atoms with Crippen molar-refractivity contribution < 1.29 is 14.3 Å². The number of carbonyl (C=O) groups excluding carboxylic acids is 1. The Morgan fingerprint density at radius 1 is 1.21 bits per heavy atom. The lowest BCUT2D eigenvalue weighted by molar-refractivity contribution is -0.162. The molecule has 2 aliphatic heterocycles. The number of fused-ring (bicyclic) bond motifs is 2. The summed E-state index contributed by atoms with van der Waals surface area (Å²) in [7, 11) is 0. The predicted molar refractivity (Wildman–Crippen MR) is 95.1 cm³/mol. The maximum atomic E-state index is 13.2. The minimum absolute atomic E-state index is 0.0426. The van der Waals surface area contributed by atoms with Crippen LogP contribution in [0.25, 0.3) is 5.52 Å². The number of amides is 1. The van der Waals surface area contributed by atoms with Gasteiger partial charge >= 0.3 is 0 Å². The normalized spacial score (nSPS) is 31.4. The Balaban J connectivity index is 1.19. The van der Waals surface area contributed by atoms with Crippen molar-refractivity contribution in [2.45, 2.75) is 49.7 Å². The quantitative estimate of drug-likeness (QED) is 0.682. The Bertz CT molecular complexity index is 1050. The molecule has 6 rings (SSSR count). The van der Waals surface area contributed by atoms with Crippen LogP contribution in [0, 0.1) is 0 Å². The van der Waals surface area contributed by atoms with Gasteiger partial charge in [0.1, 0.15) is 24.2 Å². The zero-order valence-corrected chi connectivity index (χ0v) is 15.0. The van der Waals surface area contributed by atoms with Crippen molar-refractivity contribution in [2.75, 3.05) is 0 Å². The first kappa shape index (κ1) is 15.9. The molecule has 3 fully saturated rings. The Kier molecular flexibility index (Phi) is 3.25. The summed E-state index contributed by atoms with van der Waals surface area (Å²) in [4.78, 5) is 27.8. The molecule has 9 nitrogen and oxygen atoms in total. The summed E-state index contributed by atoms with van der Waals surface area (Å²) in [5, 5.41) is 4.14. The van der Waals surface area contributed by atoms with Crippen LogP contribution < -0.4 is 4.74 Å². The molecule has 3 aliphatic rings. The number of hydrogen-bond donors (Lipinski definition) is 0. The first-order valence-electron chi connectivity index (χ1n) is 9.45. The third kappa shape index (κ3) is 2.19. The van der Waals surface area contributed by atoms with Gasteiger partial charge in [-0.15, -0.1) is 0 Å². The summed E-state index contributed by atoms with van der Waals surface area (Å²) in [5.74, 6) is 0.573. The van der Waals surface area contributed by atoms with E-state index >= 15 is 0 Å². The van der Waals surface area contributed by atoms with Gasteiger partial charge in [0.2, 0.25) is 5.88 Å². The second-order valence-corrected chi connectivity index (χ2v) is 7.55. The average Bonchev–Trinajstić information content (AvgIpc) is 3.38. The van der Waals surface area contributed by atoms with Gasteiger partial charge in [-0.05, 0) is 25.0 Å². The Labute approximate surface area is 160 Å². The molecule has 5 heterocycles. The van der Waals surface area contributed by atoms with Crippen LogP contribution in [-0.4, -0.2) is 53.3 Å². The molecule has 1 aliphatic carbocycles. The van der Waals surface area contributed by atoms with Crippen LogP contribution in [0.1, 0.15) is 37.4 Å². The van der Waals surface area contributed by atoms with Gasteiger partial charge in [-0.1, -0.05) is 0 Å². The third-order valence-corrected chi connectivity index (χ3v) is 5.93. The third-order valence-electron chi connectivity index (χ3n) is 5.93. The van der Waals surface area contributed by atoms with Crippen molar-refractivity contribution in [3.8, 4) is 5.88 Å². The van der Waals surface area contributed by atoms with Crippen LogP contribution >= 0.6 is 0 Å². The van der Waals surface area contributed by atoms with Crippen LogP contribution in [0.5, 0.6) is 5.88 Å². The molecule has 3 aromatic heterocycles. The van der Waals surface area contributed by atoms with E-state index in [0.29, 0.717) is 18.7 Å². The van der Waals surface area contributed by atoms with E-state index in [4.69, 9.17) is 9.47 Å². The first-order chi connectivity index (χ1) is 13.7. The Morgan fingerprint density at radius 2 is 2.14 bits per heavy atom. The molecule has 0 radical (unpaired) electrons. The molecule has 1 spiro atoms. The summed E-state index contributed by atoms with van der Waals surface area (Å²) in [5.41, 5.74) is 0.856. The van der Waals surface area contributed by atoms with Crippen LogP contribution in [0.3, 0.4) is 0 Å². The Morgan fingerprint density at radius 3 is 3.00 bits per heavy atom. The maximum absolute atomic E-state index is 13.2. The highest BCUT2D eigenvalue weighted by molar-refractivity contribution is 5.89. The second kappa shape index (κ2) is 5.71. The van der Waals surface area contributed by atoms with Gasteiger partial charge in [0.15, 0.2) is 5.60 Å². The smallest absolute Gasteiger partial charge is 0.257 e. The largest absolute Gasteiger partial charge is 0.473 e. The zero-order valence-electron chi connectivity index (χ0n) is 15.0. The molecule has 0 unspecified atom stereocenters. The summed E-state index contributed by atoms with van der Waals surface area (Å²) in [6, 6.07) is 3.74. The van der Waals surface area contributed by atoms with Crippen molar-refractivity contribution in [3.05, 3.63) is 48.9 Å². The molecule has 1 amide bonds. The summed E-state index contributed by atoms with van der Waals surface area (Å²) in [6.45, 7) is 0. The number of carbonyl (C=O) groups is 1. The highest BCUT2D eigenvalue weighted by Crippen LogP contribution is 2.51. The zero-order chi connectivity index (χ0) is 18.7. The molecule has 2 atom stereocenters. The van der Waals surface area contributed by atoms with Gasteiger partial charge in [-0.2, -0.15) is 10.1 Å². The minimum Gasteiger partial charge on any atom is -0.473 e. The van der Waals surface area contributed by atoms with E-state index < -0.39 is 5.60 Å². The number of aromatic nitrogens is 5. The lowest BCUT2D eigenvalue weighted by atomic mass is 9.76. The SMILES string of the molecule is O=C1N2[C@@H](CC[C@H]2c2cnccn2)OC12CC(Oc1ncnn3cccc13)C2. The topological polar surface area (TPSA) is 94.7 Å². The molecule has 0 N–H and O–H groups in total.